The number of alkyl halides is 2. The predicted molar refractivity (Wildman–Crippen MR) is 222 cm³/mol. The Bertz CT molecular complexity index is 2410. The van der Waals surface area contributed by atoms with Crippen molar-refractivity contribution in [3.8, 4) is 11.6 Å². The van der Waals surface area contributed by atoms with Gasteiger partial charge in [-0.3, -0.25) is 35.0 Å². The van der Waals surface area contributed by atoms with Gasteiger partial charge in [0.1, 0.15) is 23.5 Å². The van der Waals surface area contributed by atoms with Crippen LogP contribution in [-0.2, 0) is 22.6 Å². The van der Waals surface area contributed by atoms with E-state index >= 15 is 8.78 Å². The maximum absolute atomic E-state index is 15.1. The number of phenolic OH excluding ortho intramolecular Hbond substituents is 1. The summed E-state index contributed by atoms with van der Waals surface area (Å²) in [6.45, 7) is 6.29. The number of benzene rings is 2. The number of rotatable bonds is 8. The summed E-state index contributed by atoms with van der Waals surface area (Å²) in [4.78, 5) is 50.6. The minimum atomic E-state index is -2.70. The molecule has 1 aromatic heterocycles. The van der Waals surface area contributed by atoms with E-state index in [0.29, 0.717) is 47.5 Å². The van der Waals surface area contributed by atoms with E-state index in [-0.39, 0.29) is 49.4 Å². The zero-order valence-electron chi connectivity index (χ0n) is 34.7. The fraction of sp³-hybridized carbons (Fsp3) is 0.467. The fourth-order valence-corrected chi connectivity index (χ4v) is 10.6. The highest BCUT2D eigenvalue weighted by molar-refractivity contribution is 6.05. The van der Waals surface area contributed by atoms with Crippen molar-refractivity contribution in [1.29, 1.82) is 0 Å². The number of hydrogen-bond donors (Lipinski definition) is 4. The molecule has 7 aliphatic heterocycles. The van der Waals surface area contributed by atoms with Gasteiger partial charge in [0.2, 0.25) is 17.7 Å². The molecule has 0 radical (unpaired) electrons. The Morgan fingerprint density at radius 2 is 1.84 bits per heavy atom. The Hall–Kier alpha value is -5.97. The van der Waals surface area contributed by atoms with Crippen LogP contribution in [0.15, 0.2) is 66.1 Å². The predicted octanol–water partition coefficient (Wildman–Crippen LogP) is 4.24. The Labute approximate surface area is 357 Å². The van der Waals surface area contributed by atoms with Gasteiger partial charge in [0.15, 0.2) is 11.6 Å². The zero-order valence-corrected chi connectivity index (χ0v) is 34.7. The van der Waals surface area contributed by atoms with E-state index in [1.165, 1.54) is 6.07 Å². The summed E-state index contributed by atoms with van der Waals surface area (Å²) in [5.74, 6) is -0.702. The minimum absolute atomic E-state index is 0.00927. The van der Waals surface area contributed by atoms with E-state index in [2.05, 4.69) is 44.9 Å². The first-order valence-electron chi connectivity index (χ1n) is 21.5. The van der Waals surface area contributed by atoms with Crippen LogP contribution >= 0.6 is 0 Å². The molecule has 7 aliphatic rings. The fourth-order valence-electron chi connectivity index (χ4n) is 10.6. The van der Waals surface area contributed by atoms with Gasteiger partial charge in [-0.1, -0.05) is 18.2 Å². The summed E-state index contributed by atoms with van der Waals surface area (Å²) in [5.41, 5.74) is 7.40. The van der Waals surface area contributed by atoms with Gasteiger partial charge in [0.05, 0.1) is 23.6 Å². The molecular weight excluding hydrogens is 804 g/mol. The number of carbonyl (C=O) groups is 3. The van der Waals surface area contributed by atoms with E-state index in [4.69, 9.17) is 9.72 Å². The number of hydrogen-bond acceptors (Lipinski definition) is 12. The summed E-state index contributed by atoms with van der Waals surface area (Å²) in [5, 5.41) is 17.6. The topological polar surface area (TPSA) is 146 Å². The van der Waals surface area contributed by atoms with Gasteiger partial charge in [-0.25, -0.2) is 18.2 Å². The summed E-state index contributed by atoms with van der Waals surface area (Å²) in [6.07, 6.45) is 1.82. The van der Waals surface area contributed by atoms with Crippen molar-refractivity contribution in [2.24, 2.45) is 5.92 Å². The summed E-state index contributed by atoms with van der Waals surface area (Å²) < 4.78 is 51.0. The molecular formula is C45H50F3N9O5. The Morgan fingerprint density at radius 1 is 1.02 bits per heavy atom. The van der Waals surface area contributed by atoms with Crippen molar-refractivity contribution in [1.82, 2.24) is 40.8 Å². The molecule has 62 heavy (non-hydrogen) atoms. The first kappa shape index (κ1) is 40.1. The van der Waals surface area contributed by atoms with Crippen LogP contribution in [0.4, 0.5) is 18.9 Å². The van der Waals surface area contributed by atoms with Crippen LogP contribution in [0.25, 0.3) is 5.70 Å². The van der Waals surface area contributed by atoms with Gasteiger partial charge >= 0.3 is 0 Å². The average Bonchev–Trinajstić information content (AvgIpc) is 3.80. The molecule has 0 bridgehead atoms. The number of hydrazine groups is 1. The number of aromatic hydroxyl groups is 1. The lowest BCUT2D eigenvalue weighted by molar-refractivity contribution is -0.136. The van der Waals surface area contributed by atoms with Crippen molar-refractivity contribution in [2.75, 3.05) is 51.2 Å². The highest BCUT2D eigenvalue weighted by Crippen LogP contribution is 2.45. The van der Waals surface area contributed by atoms with Gasteiger partial charge in [-0.2, -0.15) is 0 Å². The molecule has 0 spiro atoms. The average molecular weight is 854 g/mol. The van der Waals surface area contributed by atoms with Crippen LogP contribution in [0.5, 0.6) is 11.6 Å². The molecule has 3 fully saturated rings. The number of fused-ring (bicyclic) bond motifs is 4. The van der Waals surface area contributed by atoms with Crippen LogP contribution in [0.2, 0.25) is 0 Å². The number of piperidine rings is 2. The lowest BCUT2D eigenvalue weighted by Crippen LogP contribution is -2.62. The van der Waals surface area contributed by atoms with Crippen molar-refractivity contribution < 1.29 is 37.4 Å². The molecule has 0 saturated carbocycles. The normalized spacial score (nSPS) is 26.5. The maximum atomic E-state index is 15.1. The molecule has 8 heterocycles. The smallest absolute Gasteiger partial charge is 0.263 e. The number of anilines is 1. The van der Waals surface area contributed by atoms with Gasteiger partial charge in [0.25, 0.3) is 12.3 Å². The number of phenols is 1. The first-order valence-corrected chi connectivity index (χ1v) is 21.5. The van der Waals surface area contributed by atoms with Crippen molar-refractivity contribution in [3.05, 3.63) is 99.9 Å². The second-order valence-electron chi connectivity index (χ2n) is 17.7. The number of imide groups is 1. The number of nitrogens with zero attached hydrogens (tertiary/aromatic N) is 6. The number of halogens is 3. The van der Waals surface area contributed by atoms with E-state index in [0.717, 1.165) is 74.0 Å². The standard InChI is InChI=1S/C45H50F3N9O5/c1-25-30-8-11-39(62-29-20-45(44(47)48)24-49-41-37(57(45)23-29)19-36(53(2)52-41)31-4-3-5-33(46)40(31)59)50-34(30)14-17-55(25)21-26-12-15-54(16-13-26)28-7-6-27-22-56(43(61)32(27)18-28)35-9-10-38(58)51-42(35)60/h3-8,11,18-19,25-26,29,35,44,49,52,59H,9-10,12-17,20-24H2,1-2H3,(H,51,58,60)/t25-,29+,35-,45+/m0/s1. The summed E-state index contributed by atoms with van der Waals surface area (Å²) >= 11 is 0. The molecule has 3 aromatic rings. The van der Waals surface area contributed by atoms with Crippen LogP contribution in [0, 0.1) is 11.7 Å². The van der Waals surface area contributed by atoms with Gasteiger partial charge in [-0.15, -0.1) is 0 Å². The van der Waals surface area contributed by atoms with Crippen LogP contribution in [0.3, 0.4) is 0 Å². The molecule has 17 heteroatoms. The second kappa shape index (κ2) is 15.4. The molecule has 3 saturated heterocycles. The second-order valence-corrected chi connectivity index (χ2v) is 17.7. The third kappa shape index (κ3) is 6.84. The molecule has 2 aromatic carbocycles. The number of allylic oxidation sites excluding steroid dienone is 1. The maximum Gasteiger partial charge on any atom is 0.263 e. The summed E-state index contributed by atoms with van der Waals surface area (Å²) in [6, 6.07) is 13.7. The molecule has 0 unspecified atom stereocenters. The van der Waals surface area contributed by atoms with Crippen molar-refractivity contribution in [3.63, 3.8) is 0 Å². The first-order chi connectivity index (χ1) is 29.9. The third-order valence-corrected chi connectivity index (χ3v) is 14.1. The third-order valence-electron chi connectivity index (χ3n) is 14.1. The van der Waals surface area contributed by atoms with Crippen LogP contribution in [0.1, 0.15) is 77.8 Å². The van der Waals surface area contributed by atoms with E-state index in [1.54, 1.807) is 34.0 Å². The van der Waals surface area contributed by atoms with Crippen LogP contribution in [-0.4, -0.2) is 118 Å². The minimum Gasteiger partial charge on any atom is -0.504 e. The molecule has 4 atom stereocenters. The number of carbonyl (C=O) groups excluding carboxylic acids is 3. The monoisotopic (exact) mass is 853 g/mol. The Kier molecular flexibility index (Phi) is 9.99. The number of ether oxygens (including phenoxy) is 1. The molecule has 4 N–H and O–H groups in total. The zero-order chi connectivity index (χ0) is 43.0. The lowest BCUT2D eigenvalue weighted by atomic mass is 9.92. The van der Waals surface area contributed by atoms with Gasteiger partial charge in [-0.05, 0) is 73.6 Å². The Morgan fingerprint density at radius 3 is 2.63 bits per heavy atom. The lowest BCUT2D eigenvalue weighted by Gasteiger charge is -2.47. The van der Waals surface area contributed by atoms with E-state index < -0.39 is 41.6 Å². The largest absolute Gasteiger partial charge is 0.504 e. The molecule has 0 aliphatic carbocycles. The number of amides is 3. The molecule has 326 valence electrons. The SMILES string of the molecule is C[C@H]1c2ccc(O[C@H]3CN4C5=C(NC[C@@]4(C(F)F)C3)NN(C)C(c3cccc(F)c3O)=C5)nc2CCN1CC1CCN(c2ccc3c(c2)C(=O)N([C@H]2CCC(=O)NC2=O)C3)CC1. The molecule has 3 amide bonds. The van der Waals surface area contributed by atoms with Crippen molar-refractivity contribution in [2.45, 2.75) is 82.1 Å². The summed E-state index contributed by atoms with van der Waals surface area (Å²) in [7, 11) is 1.71. The number of para-hydroxylation sites is 1. The number of nitrogens with one attached hydrogen (secondary N) is 3. The molecule has 14 nitrogen and oxygen atoms in total. The van der Waals surface area contributed by atoms with E-state index in [1.807, 2.05) is 18.2 Å². The van der Waals surface area contributed by atoms with E-state index in [9.17, 15) is 23.9 Å². The Balaban J connectivity index is 0.762. The number of pyridine rings is 1. The molecule has 10 rings (SSSR count). The quantitative estimate of drug-likeness (QED) is 0.241. The highest BCUT2D eigenvalue weighted by Gasteiger charge is 2.56. The van der Waals surface area contributed by atoms with Gasteiger partial charge in [0, 0.05) is 94.5 Å². The highest BCUT2D eigenvalue weighted by atomic mass is 19.3. The van der Waals surface area contributed by atoms with Crippen LogP contribution < -0.4 is 25.7 Å². The van der Waals surface area contributed by atoms with Gasteiger partial charge < -0.3 is 29.9 Å². The van der Waals surface area contributed by atoms with Crippen molar-refractivity contribution >= 4 is 29.1 Å². The number of aromatic nitrogens is 1.